The summed E-state index contributed by atoms with van der Waals surface area (Å²) in [6, 6.07) is 7.32. The standard InChI is InChI=1S/C14H15NO2/c16-14(17)12-3-4-13-11(9-12)6-8-15(13)7-5-10-1-2-10/h3-4,6,8-10H,1-2,5,7H2,(H,16,17). The number of aromatic nitrogens is 1. The van der Waals surface area contributed by atoms with E-state index in [-0.39, 0.29) is 0 Å². The molecule has 0 aliphatic heterocycles. The third-order valence-electron chi connectivity index (χ3n) is 3.49. The first-order valence-corrected chi connectivity index (χ1v) is 6.06. The molecule has 1 saturated carbocycles. The fraction of sp³-hybridized carbons (Fsp3) is 0.357. The third kappa shape index (κ3) is 2.05. The second-order valence-electron chi connectivity index (χ2n) is 4.82. The van der Waals surface area contributed by atoms with Gasteiger partial charge in [0.05, 0.1) is 5.56 Å². The molecule has 1 aromatic heterocycles. The molecule has 2 aromatic rings. The van der Waals surface area contributed by atoms with Gasteiger partial charge >= 0.3 is 5.97 Å². The van der Waals surface area contributed by atoms with Crippen LogP contribution < -0.4 is 0 Å². The van der Waals surface area contributed by atoms with Crippen molar-refractivity contribution in [2.45, 2.75) is 25.8 Å². The predicted octanol–water partition coefficient (Wildman–Crippen LogP) is 3.14. The summed E-state index contributed by atoms with van der Waals surface area (Å²) in [5.74, 6) is 0.0587. The maximum Gasteiger partial charge on any atom is 0.335 e. The van der Waals surface area contributed by atoms with Crippen LogP contribution in [0.4, 0.5) is 0 Å². The number of nitrogens with zero attached hydrogens (tertiary/aromatic N) is 1. The first kappa shape index (κ1) is 10.4. The molecule has 0 atom stereocenters. The summed E-state index contributed by atoms with van der Waals surface area (Å²) in [7, 11) is 0. The van der Waals surface area contributed by atoms with Gasteiger partial charge in [-0.3, -0.25) is 0 Å². The van der Waals surface area contributed by atoms with Gasteiger partial charge in [-0.1, -0.05) is 12.8 Å². The average Bonchev–Trinajstić information content (AvgIpc) is 3.06. The van der Waals surface area contributed by atoms with Crippen LogP contribution in [0.25, 0.3) is 10.9 Å². The lowest BCUT2D eigenvalue weighted by molar-refractivity contribution is 0.0697. The minimum Gasteiger partial charge on any atom is -0.478 e. The van der Waals surface area contributed by atoms with Crippen LogP contribution >= 0.6 is 0 Å². The molecule has 1 N–H and O–H groups in total. The van der Waals surface area contributed by atoms with Crippen molar-refractivity contribution in [2.75, 3.05) is 0 Å². The Bertz CT molecular complexity index is 567. The molecule has 0 bridgehead atoms. The summed E-state index contributed by atoms with van der Waals surface area (Å²) in [4.78, 5) is 10.9. The SMILES string of the molecule is O=C(O)c1ccc2c(ccn2CCC2CC2)c1. The topological polar surface area (TPSA) is 42.2 Å². The van der Waals surface area contributed by atoms with Crippen LogP contribution in [-0.4, -0.2) is 15.6 Å². The van der Waals surface area contributed by atoms with E-state index in [1.165, 1.54) is 19.3 Å². The zero-order valence-electron chi connectivity index (χ0n) is 9.60. The number of hydrogen-bond acceptors (Lipinski definition) is 1. The number of aromatic carboxylic acids is 1. The summed E-state index contributed by atoms with van der Waals surface area (Å²) >= 11 is 0. The Balaban J connectivity index is 1.89. The Morgan fingerprint density at radius 2 is 2.18 bits per heavy atom. The van der Waals surface area contributed by atoms with E-state index in [1.54, 1.807) is 12.1 Å². The van der Waals surface area contributed by atoms with Gasteiger partial charge in [0.2, 0.25) is 0 Å². The zero-order chi connectivity index (χ0) is 11.8. The van der Waals surface area contributed by atoms with E-state index in [2.05, 4.69) is 10.8 Å². The van der Waals surface area contributed by atoms with E-state index < -0.39 is 5.97 Å². The summed E-state index contributed by atoms with van der Waals surface area (Å²) < 4.78 is 2.22. The molecule has 0 amide bonds. The van der Waals surface area contributed by atoms with Crippen molar-refractivity contribution < 1.29 is 9.90 Å². The maximum absolute atomic E-state index is 10.9. The number of hydrogen-bond donors (Lipinski definition) is 1. The fourth-order valence-corrected chi connectivity index (χ4v) is 2.26. The molecule has 0 radical (unpaired) electrons. The maximum atomic E-state index is 10.9. The highest BCUT2D eigenvalue weighted by molar-refractivity contribution is 5.93. The van der Waals surface area contributed by atoms with Crippen molar-refractivity contribution in [2.24, 2.45) is 5.92 Å². The number of carboxylic acid groups (broad SMARTS) is 1. The summed E-state index contributed by atoms with van der Waals surface area (Å²) in [6.07, 6.45) is 6.05. The fourth-order valence-electron chi connectivity index (χ4n) is 2.26. The highest BCUT2D eigenvalue weighted by Gasteiger charge is 2.20. The number of fused-ring (bicyclic) bond motifs is 1. The van der Waals surface area contributed by atoms with Crippen LogP contribution in [0, 0.1) is 5.92 Å². The Labute approximate surface area is 99.7 Å². The Morgan fingerprint density at radius 3 is 2.88 bits per heavy atom. The van der Waals surface area contributed by atoms with E-state index >= 15 is 0 Å². The van der Waals surface area contributed by atoms with E-state index in [4.69, 9.17) is 5.11 Å². The summed E-state index contributed by atoms with van der Waals surface area (Å²) in [5.41, 5.74) is 1.49. The summed E-state index contributed by atoms with van der Waals surface area (Å²) in [5, 5.41) is 9.94. The summed E-state index contributed by atoms with van der Waals surface area (Å²) in [6.45, 7) is 1.04. The molecule has 1 aliphatic rings. The minimum atomic E-state index is -0.863. The number of aryl methyl sites for hydroxylation is 1. The van der Waals surface area contributed by atoms with Gasteiger partial charge in [-0.15, -0.1) is 0 Å². The van der Waals surface area contributed by atoms with Crippen LogP contribution in [0.3, 0.4) is 0 Å². The van der Waals surface area contributed by atoms with Gasteiger partial charge in [0.15, 0.2) is 0 Å². The number of carbonyl (C=O) groups is 1. The van der Waals surface area contributed by atoms with Crippen LogP contribution in [0.15, 0.2) is 30.5 Å². The molecule has 1 aromatic carbocycles. The first-order chi connectivity index (χ1) is 8.24. The van der Waals surface area contributed by atoms with Gasteiger partial charge < -0.3 is 9.67 Å². The van der Waals surface area contributed by atoms with Crippen LogP contribution in [0.2, 0.25) is 0 Å². The molecule has 1 fully saturated rings. The van der Waals surface area contributed by atoms with Crippen LogP contribution in [0.1, 0.15) is 29.6 Å². The molecule has 0 saturated heterocycles. The third-order valence-corrected chi connectivity index (χ3v) is 3.49. The Kier molecular flexibility index (Phi) is 2.39. The van der Waals surface area contributed by atoms with Crippen molar-refractivity contribution in [1.82, 2.24) is 4.57 Å². The van der Waals surface area contributed by atoms with Crippen LogP contribution in [0.5, 0.6) is 0 Å². The normalized spacial score (nSPS) is 15.3. The molecular formula is C14H15NO2. The van der Waals surface area contributed by atoms with Crippen molar-refractivity contribution >= 4 is 16.9 Å². The Morgan fingerprint density at radius 1 is 1.35 bits per heavy atom. The largest absolute Gasteiger partial charge is 0.478 e. The smallest absolute Gasteiger partial charge is 0.335 e. The number of carboxylic acids is 1. The lowest BCUT2D eigenvalue weighted by Crippen LogP contribution is -1.98. The second-order valence-corrected chi connectivity index (χ2v) is 4.82. The number of rotatable bonds is 4. The monoisotopic (exact) mass is 229 g/mol. The molecule has 1 aliphatic carbocycles. The van der Waals surface area contributed by atoms with Crippen molar-refractivity contribution in [3.05, 3.63) is 36.0 Å². The number of benzene rings is 1. The Hall–Kier alpha value is -1.77. The van der Waals surface area contributed by atoms with Crippen LogP contribution in [-0.2, 0) is 6.54 Å². The molecular weight excluding hydrogens is 214 g/mol. The molecule has 0 unspecified atom stereocenters. The van der Waals surface area contributed by atoms with Gasteiger partial charge in [-0.25, -0.2) is 4.79 Å². The van der Waals surface area contributed by atoms with Crippen molar-refractivity contribution in [1.29, 1.82) is 0 Å². The van der Waals surface area contributed by atoms with Gasteiger partial charge in [0.1, 0.15) is 0 Å². The molecule has 17 heavy (non-hydrogen) atoms. The first-order valence-electron chi connectivity index (χ1n) is 6.06. The lowest BCUT2D eigenvalue weighted by atomic mass is 10.1. The highest BCUT2D eigenvalue weighted by Crippen LogP contribution is 2.33. The lowest BCUT2D eigenvalue weighted by Gasteiger charge is -2.04. The van der Waals surface area contributed by atoms with E-state index in [9.17, 15) is 4.79 Å². The minimum absolute atomic E-state index is 0.359. The van der Waals surface area contributed by atoms with E-state index in [0.717, 1.165) is 23.4 Å². The van der Waals surface area contributed by atoms with Gasteiger partial charge in [-0.2, -0.15) is 0 Å². The predicted molar refractivity (Wildman–Crippen MR) is 66.2 cm³/mol. The van der Waals surface area contributed by atoms with Gasteiger partial charge in [0, 0.05) is 23.6 Å². The van der Waals surface area contributed by atoms with Gasteiger partial charge in [0.25, 0.3) is 0 Å². The molecule has 3 rings (SSSR count). The molecule has 3 nitrogen and oxygen atoms in total. The molecule has 0 spiro atoms. The highest BCUT2D eigenvalue weighted by atomic mass is 16.4. The van der Waals surface area contributed by atoms with E-state index in [1.807, 2.05) is 12.1 Å². The second kappa shape index (κ2) is 3.91. The van der Waals surface area contributed by atoms with E-state index in [0.29, 0.717) is 5.56 Å². The molecule has 88 valence electrons. The quantitative estimate of drug-likeness (QED) is 0.875. The van der Waals surface area contributed by atoms with Crippen molar-refractivity contribution in [3.8, 4) is 0 Å². The molecule has 3 heteroatoms. The molecule has 1 heterocycles. The zero-order valence-corrected chi connectivity index (χ0v) is 9.60. The van der Waals surface area contributed by atoms with Crippen molar-refractivity contribution in [3.63, 3.8) is 0 Å². The van der Waals surface area contributed by atoms with Gasteiger partial charge in [-0.05, 0) is 36.6 Å². The average molecular weight is 229 g/mol.